The van der Waals surface area contributed by atoms with Crippen molar-refractivity contribution >= 4 is 5.91 Å². The Hall–Kier alpha value is -0.610. The molecule has 0 atom stereocenters. The van der Waals surface area contributed by atoms with Crippen molar-refractivity contribution in [1.82, 2.24) is 9.80 Å². The maximum absolute atomic E-state index is 12.7. The number of amides is 1. The first-order valence-corrected chi connectivity index (χ1v) is 8.43. The summed E-state index contributed by atoms with van der Waals surface area (Å²) in [4.78, 5) is 17.0. The molecule has 1 saturated heterocycles. The Balaban J connectivity index is 1.84. The molecule has 0 aromatic carbocycles. The summed E-state index contributed by atoms with van der Waals surface area (Å²) >= 11 is 0. The number of nitrogens with zero attached hydrogens (tertiary/aromatic N) is 2. The zero-order valence-electron chi connectivity index (χ0n) is 12.7. The Bertz CT molecular complexity index is 288. The third kappa shape index (κ3) is 4.74. The molecule has 1 saturated carbocycles. The zero-order chi connectivity index (χ0) is 14.2. The van der Waals surface area contributed by atoms with E-state index in [0.29, 0.717) is 5.91 Å². The lowest BCUT2D eigenvalue weighted by Gasteiger charge is -2.27. The molecular weight excluding hydrogens is 252 g/mol. The van der Waals surface area contributed by atoms with Crippen LogP contribution in [-0.2, 0) is 4.79 Å². The number of hydrogen-bond acceptors (Lipinski definition) is 3. The largest absolute Gasteiger partial charge is 0.395 e. The first-order valence-electron chi connectivity index (χ1n) is 8.43. The highest BCUT2D eigenvalue weighted by Crippen LogP contribution is 2.24. The van der Waals surface area contributed by atoms with Crippen molar-refractivity contribution in [1.29, 1.82) is 0 Å². The average molecular weight is 282 g/mol. The van der Waals surface area contributed by atoms with E-state index >= 15 is 0 Å². The van der Waals surface area contributed by atoms with Gasteiger partial charge in [-0.05, 0) is 25.8 Å². The maximum Gasteiger partial charge on any atom is 0.225 e. The van der Waals surface area contributed by atoms with Gasteiger partial charge in [-0.2, -0.15) is 0 Å². The van der Waals surface area contributed by atoms with E-state index in [9.17, 15) is 4.79 Å². The van der Waals surface area contributed by atoms with Crippen molar-refractivity contribution in [3.63, 3.8) is 0 Å². The Morgan fingerprint density at radius 1 is 0.900 bits per heavy atom. The van der Waals surface area contributed by atoms with Gasteiger partial charge in [0.2, 0.25) is 5.91 Å². The summed E-state index contributed by atoms with van der Waals surface area (Å²) in [7, 11) is 0. The van der Waals surface area contributed by atoms with Gasteiger partial charge in [-0.3, -0.25) is 9.69 Å². The first kappa shape index (κ1) is 15.8. The van der Waals surface area contributed by atoms with Crippen LogP contribution in [0.1, 0.15) is 51.4 Å². The Morgan fingerprint density at radius 3 is 2.30 bits per heavy atom. The molecule has 0 bridgehead atoms. The highest BCUT2D eigenvalue weighted by molar-refractivity contribution is 5.78. The number of carbonyl (C=O) groups excluding carboxylic acids is 1. The summed E-state index contributed by atoms with van der Waals surface area (Å²) < 4.78 is 0. The molecule has 4 heteroatoms. The zero-order valence-corrected chi connectivity index (χ0v) is 12.7. The van der Waals surface area contributed by atoms with Crippen LogP contribution in [0.4, 0.5) is 0 Å². The minimum absolute atomic E-state index is 0.219. The van der Waals surface area contributed by atoms with Crippen LogP contribution in [0.5, 0.6) is 0 Å². The smallest absolute Gasteiger partial charge is 0.225 e. The normalized spacial score (nSPS) is 23.9. The monoisotopic (exact) mass is 282 g/mol. The number of β-amino-alcohol motifs (C(OH)–C–C–N with tert-alkyl or cyclic N) is 1. The lowest BCUT2D eigenvalue weighted by molar-refractivity contribution is -0.136. The van der Waals surface area contributed by atoms with Gasteiger partial charge in [0.25, 0.3) is 0 Å². The highest BCUT2D eigenvalue weighted by Gasteiger charge is 2.26. The molecule has 20 heavy (non-hydrogen) atoms. The summed E-state index contributed by atoms with van der Waals surface area (Å²) in [5.74, 6) is 0.678. The Kier molecular flexibility index (Phi) is 6.80. The van der Waals surface area contributed by atoms with Crippen LogP contribution < -0.4 is 0 Å². The molecule has 0 aromatic rings. The SMILES string of the molecule is O=C(C1CCCCCCC1)N1CCCN(CCO)CC1. The predicted molar refractivity (Wildman–Crippen MR) is 80.5 cm³/mol. The molecule has 2 fully saturated rings. The molecule has 116 valence electrons. The lowest BCUT2D eigenvalue weighted by atomic mass is 9.90. The van der Waals surface area contributed by atoms with Gasteiger partial charge in [-0.1, -0.05) is 32.1 Å². The maximum atomic E-state index is 12.7. The number of carbonyl (C=O) groups is 1. The van der Waals surface area contributed by atoms with Crippen molar-refractivity contribution in [2.45, 2.75) is 51.4 Å². The van der Waals surface area contributed by atoms with Crippen molar-refractivity contribution in [2.75, 3.05) is 39.3 Å². The van der Waals surface area contributed by atoms with E-state index in [-0.39, 0.29) is 12.5 Å². The number of aliphatic hydroxyl groups is 1. The summed E-state index contributed by atoms with van der Waals surface area (Å²) in [5.41, 5.74) is 0. The number of rotatable bonds is 3. The predicted octanol–water partition coefficient (Wildman–Crippen LogP) is 1.87. The van der Waals surface area contributed by atoms with Gasteiger partial charge >= 0.3 is 0 Å². The topological polar surface area (TPSA) is 43.8 Å². The van der Waals surface area contributed by atoms with E-state index in [0.717, 1.165) is 52.0 Å². The molecule has 2 rings (SSSR count). The van der Waals surface area contributed by atoms with Crippen molar-refractivity contribution in [3.8, 4) is 0 Å². The standard InChI is InChI=1S/C16H30N2O2/c19-14-13-17-9-6-10-18(12-11-17)16(20)15-7-4-2-1-3-5-8-15/h15,19H,1-14H2. The molecule has 2 aliphatic rings. The number of aliphatic hydroxyl groups excluding tert-OH is 1. The molecule has 0 unspecified atom stereocenters. The second-order valence-corrected chi connectivity index (χ2v) is 6.29. The summed E-state index contributed by atoms with van der Waals surface area (Å²) in [6, 6.07) is 0. The fourth-order valence-corrected chi connectivity index (χ4v) is 3.52. The molecule has 1 aliphatic heterocycles. The van der Waals surface area contributed by atoms with Crippen molar-refractivity contribution < 1.29 is 9.90 Å². The van der Waals surface area contributed by atoms with Crippen LogP contribution in [0.3, 0.4) is 0 Å². The van der Waals surface area contributed by atoms with E-state index in [1.165, 1.54) is 32.1 Å². The van der Waals surface area contributed by atoms with E-state index in [4.69, 9.17) is 5.11 Å². The molecule has 0 aromatic heterocycles. The molecular formula is C16H30N2O2. The highest BCUT2D eigenvalue weighted by atomic mass is 16.3. The molecule has 1 N–H and O–H groups in total. The molecule has 4 nitrogen and oxygen atoms in total. The summed E-state index contributed by atoms with van der Waals surface area (Å²) in [6.07, 6.45) is 9.62. The Labute approximate surface area is 123 Å². The van der Waals surface area contributed by atoms with Gasteiger partial charge in [0.1, 0.15) is 0 Å². The Morgan fingerprint density at radius 2 is 1.60 bits per heavy atom. The average Bonchev–Trinajstić information content (AvgIpc) is 2.64. The van der Waals surface area contributed by atoms with E-state index in [1.807, 2.05) is 0 Å². The van der Waals surface area contributed by atoms with Gasteiger partial charge in [-0.25, -0.2) is 0 Å². The van der Waals surface area contributed by atoms with Gasteiger partial charge < -0.3 is 10.0 Å². The van der Waals surface area contributed by atoms with Gasteiger partial charge in [0.05, 0.1) is 6.61 Å². The summed E-state index contributed by atoms with van der Waals surface area (Å²) in [5, 5.41) is 9.02. The van der Waals surface area contributed by atoms with Crippen LogP contribution in [-0.4, -0.2) is 60.1 Å². The van der Waals surface area contributed by atoms with Crippen LogP contribution in [0.15, 0.2) is 0 Å². The lowest BCUT2D eigenvalue weighted by Crippen LogP contribution is -2.39. The fraction of sp³-hybridized carbons (Fsp3) is 0.938. The first-order chi connectivity index (χ1) is 9.81. The fourth-order valence-electron chi connectivity index (χ4n) is 3.52. The minimum atomic E-state index is 0.219. The minimum Gasteiger partial charge on any atom is -0.395 e. The van der Waals surface area contributed by atoms with Crippen LogP contribution in [0, 0.1) is 5.92 Å². The van der Waals surface area contributed by atoms with Gasteiger partial charge in [0.15, 0.2) is 0 Å². The number of hydrogen-bond donors (Lipinski definition) is 1. The van der Waals surface area contributed by atoms with Crippen LogP contribution >= 0.6 is 0 Å². The molecule has 1 amide bonds. The van der Waals surface area contributed by atoms with Crippen molar-refractivity contribution in [3.05, 3.63) is 0 Å². The quantitative estimate of drug-likeness (QED) is 0.859. The van der Waals surface area contributed by atoms with E-state index < -0.39 is 0 Å². The molecule has 1 aliphatic carbocycles. The van der Waals surface area contributed by atoms with E-state index in [2.05, 4.69) is 9.80 Å². The molecule has 0 spiro atoms. The second kappa shape index (κ2) is 8.63. The van der Waals surface area contributed by atoms with Gasteiger partial charge in [-0.15, -0.1) is 0 Å². The second-order valence-electron chi connectivity index (χ2n) is 6.29. The van der Waals surface area contributed by atoms with Crippen molar-refractivity contribution in [2.24, 2.45) is 5.92 Å². The molecule has 0 radical (unpaired) electrons. The van der Waals surface area contributed by atoms with E-state index in [1.54, 1.807) is 0 Å². The third-order valence-electron chi connectivity index (χ3n) is 4.77. The van der Waals surface area contributed by atoms with Crippen LogP contribution in [0.25, 0.3) is 0 Å². The summed E-state index contributed by atoms with van der Waals surface area (Å²) in [6.45, 7) is 4.63. The molecule has 1 heterocycles. The van der Waals surface area contributed by atoms with Crippen LogP contribution in [0.2, 0.25) is 0 Å². The van der Waals surface area contributed by atoms with Gasteiger partial charge in [0, 0.05) is 32.1 Å². The third-order valence-corrected chi connectivity index (χ3v) is 4.77.